The average Bonchev–Trinajstić information content (AvgIpc) is 2.93. The van der Waals surface area contributed by atoms with Crippen LogP contribution < -0.4 is 5.32 Å². The van der Waals surface area contributed by atoms with Crippen LogP contribution >= 0.6 is 27.3 Å². The Kier molecular flexibility index (Phi) is 4.15. The molecule has 104 valence electrons. The summed E-state index contributed by atoms with van der Waals surface area (Å²) in [6, 6.07) is 1.60. The van der Waals surface area contributed by atoms with Crippen molar-refractivity contribution < 1.29 is 14.7 Å². The van der Waals surface area contributed by atoms with Gasteiger partial charge in [0.2, 0.25) is 0 Å². The Morgan fingerprint density at radius 2 is 2.37 bits per heavy atom. The number of urea groups is 1. The van der Waals surface area contributed by atoms with E-state index in [9.17, 15) is 14.7 Å². The highest BCUT2D eigenvalue weighted by Gasteiger charge is 2.45. The minimum atomic E-state index is -1.09. The van der Waals surface area contributed by atoms with Crippen LogP contribution in [0.3, 0.4) is 0 Å². The van der Waals surface area contributed by atoms with Gasteiger partial charge in [-0.15, -0.1) is 11.3 Å². The number of likely N-dealkylation sites (tertiary alicyclic amines) is 1. The van der Waals surface area contributed by atoms with Gasteiger partial charge >= 0.3 is 12.0 Å². The van der Waals surface area contributed by atoms with Gasteiger partial charge in [-0.1, -0.05) is 0 Å². The van der Waals surface area contributed by atoms with E-state index in [0.29, 0.717) is 19.5 Å². The number of aliphatic carboxylic acids is 1. The van der Waals surface area contributed by atoms with Crippen LogP contribution in [-0.2, 0) is 11.3 Å². The second-order valence-electron chi connectivity index (χ2n) is 4.68. The van der Waals surface area contributed by atoms with Gasteiger partial charge in [0.05, 0.1) is 6.54 Å². The highest BCUT2D eigenvalue weighted by atomic mass is 79.9. The number of halogens is 1. The third-order valence-electron chi connectivity index (χ3n) is 3.44. The van der Waals surface area contributed by atoms with Gasteiger partial charge in [-0.25, -0.2) is 9.59 Å². The molecule has 1 aromatic heterocycles. The molecule has 19 heavy (non-hydrogen) atoms. The number of carbonyl (C=O) groups excluding carboxylic acids is 1. The largest absolute Gasteiger partial charge is 0.480 e. The first-order valence-corrected chi connectivity index (χ1v) is 7.63. The average molecular weight is 347 g/mol. The number of carbonyl (C=O) groups is 2. The van der Waals surface area contributed by atoms with Crippen molar-refractivity contribution in [3.63, 3.8) is 0 Å². The van der Waals surface area contributed by atoms with Crippen LogP contribution in [-0.4, -0.2) is 34.1 Å². The summed E-state index contributed by atoms with van der Waals surface area (Å²) >= 11 is 4.94. The molecule has 0 bridgehead atoms. The first-order valence-electron chi connectivity index (χ1n) is 5.96. The second kappa shape index (κ2) is 5.50. The molecule has 1 aromatic rings. The summed E-state index contributed by atoms with van der Waals surface area (Å²) in [6.45, 7) is 2.49. The summed E-state index contributed by atoms with van der Waals surface area (Å²) in [7, 11) is 0. The van der Waals surface area contributed by atoms with Gasteiger partial charge in [-0.2, -0.15) is 0 Å². The zero-order valence-corrected chi connectivity index (χ0v) is 12.9. The Bertz CT molecular complexity index is 505. The van der Waals surface area contributed by atoms with Crippen LogP contribution in [0.4, 0.5) is 4.79 Å². The number of thiophene rings is 1. The quantitative estimate of drug-likeness (QED) is 0.883. The van der Waals surface area contributed by atoms with Crippen molar-refractivity contribution in [2.24, 2.45) is 0 Å². The van der Waals surface area contributed by atoms with Crippen molar-refractivity contribution in [1.29, 1.82) is 0 Å². The molecule has 2 amide bonds. The first-order chi connectivity index (χ1) is 8.95. The molecule has 1 fully saturated rings. The molecule has 1 aliphatic heterocycles. The van der Waals surface area contributed by atoms with Gasteiger partial charge in [0.1, 0.15) is 5.54 Å². The lowest BCUT2D eigenvalue weighted by molar-refractivity contribution is -0.147. The van der Waals surface area contributed by atoms with Gasteiger partial charge in [0.15, 0.2) is 0 Å². The predicted octanol–water partition coefficient (Wildman–Crippen LogP) is 2.66. The number of nitrogens with one attached hydrogen (secondary N) is 1. The Hall–Kier alpha value is -1.08. The molecule has 1 aliphatic rings. The fourth-order valence-electron chi connectivity index (χ4n) is 2.21. The van der Waals surface area contributed by atoms with Gasteiger partial charge in [-0.05, 0) is 47.1 Å². The Labute approximate surface area is 123 Å². The fourth-order valence-corrected chi connectivity index (χ4v) is 3.65. The second-order valence-corrected chi connectivity index (χ2v) is 6.54. The minimum absolute atomic E-state index is 0.317. The summed E-state index contributed by atoms with van der Waals surface area (Å²) in [6.07, 6.45) is 1.22. The number of carboxylic acid groups (broad SMARTS) is 1. The molecule has 0 spiro atoms. The number of rotatable bonds is 3. The van der Waals surface area contributed by atoms with Gasteiger partial charge in [0.25, 0.3) is 0 Å². The lowest BCUT2D eigenvalue weighted by Crippen LogP contribution is -2.53. The van der Waals surface area contributed by atoms with E-state index in [1.54, 1.807) is 18.3 Å². The molecule has 2 heterocycles. The topological polar surface area (TPSA) is 69.6 Å². The fraction of sp³-hybridized carbons (Fsp3) is 0.500. The Morgan fingerprint density at radius 3 is 2.95 bits per heavy atom. The lowest BCUT2D eigenvalue weighted by Gasteiger charge is -2.31. The molecule has 7 heteroatoms. The summed E-state index contributed by atoms with van der Waals surface area (Å²) in [5.41, 5.74) is -1.09. The third kappa shape index (κ3) is 2.76. The molecule has 1 saturated heterocycles. The van der Waals surface area contributed by atoms with E-state index in [1.165, 1.54) is 4.90 Å². The molecule has 0 aliphatic carbocycles. The van der Waals surface area contributed by atoms with Gasteiger partial charge in [-0.3, -0.25) is 0 Å². The van der Waals surface area contributed by atoms with E-state index in [-0.39, 0.29) is 6.03 Å². The monoisotopic (exact) mass is 346 g/mol. The predicted molar refractivity (Wildman–Crippen MR) is 76.2 cm³/mol. The number of hydrogen-bond donors (Lipinski definition) is 2. The van der Waals surface area contributed by atoms with Crippen molar-refractivity contribution in [3.05, 3.63) is 20.8 Å². The summed E-state index contributed by atoms with van der Waals surface area (Å²) in [4.78, 5) is 25.8. The highest BCUT2D eigenvalue weighted by molar-refractivity contribution is 9.10. The smallest absolute Gasteiger partial charge is 0.329 e. The van der Waals surface area contributed by atoms with Crippen LogP contribution in [0.25, 0.3) is 0 Å². The van der Waals surface area contributed by atoms with Crippen LogP contribution in [0.15, 0.2) is 15.9 Å². The van der Waals surface area contributed by atoms with Crippen molar-refractivity contribution >= 4 is 39.3 Å². The molecular formula is C12H15BrN2O3S. The van der Waals surface area contributed by atoms with E-state index in [2.05, 4.69) is 21.2 Å². The molecule has 0 saturated carbocycles. The molecule has 5 nitrogen and oxygen atoms in total. The van der Waals surface area contributed by atoms with E-state index < -0.39 is 11.5 Å². The maximum atomic E-state index is 12.1. The molecule has 1 unspecified atom stereocenters. The van der Waals surface area contributed by atoms with E-state index >= 15 is 0 Å². The number of carboxylic acids is 1. The van der Waals surface area contributed by atoms with Crippen molar-refractivity contribution in [1.82, 2.24) is 10.2 Å². The van der Waals surface area contributed by atoms with Crippen molar-refractivity contribution in [3.8, 4) is 0 Å². The SMILES string of the molecule is CC1(C(=O)O)CCCN1C(=O)NCc1sccc1Br. The standard InChI is InChI=1S/C12H15BrN2O3S/c1-12(10(16)17)4-2-5-15(12)11(18)14-7-9-8(13)3-6-19-9/h3,6H,2,4-5,7H2,1H3,(H,14,18)(H,16,17). The molecule has 0 aromatic carbocycles. The zero-order chi connectivity index (χ0) is 14.0. The van der Waals surface area contributed by atoms with Crippen molar-refractivity contribution in [2.75, 3.05) is 6.54 Å². The Balaban J connectivity index is 2.00. The lowest BCUT2D eigenvalue weighted by atomic mass is 10.00. The van der Waals surface area contributed by atoms with Crippen molar-refractivity contribution in [2.45, 2.75) is 31.8 Å². The third-order valence-corrected chi connectivity index (χ3v) is 5.36. The molecule has 1 atom stereocenters. The summed E-state index contributed by atoms with van der Waals surface area (Å²) in [5.74, 6) is -0.947. The Morgan fingerprint density at radius 1 is 1.63 bits per heavy atom. The summed E-state index contributed by atoms with van der Waals surface area (Å²) in [5, 5.41) is 14.0. The van der Waals surface area contributed by atoms with Gasteiger partial charge < -0.3 is 15.3 Å². The zero-order valence-electron chi connectivity index (χ0n) is 10.5. The maximum absolute atomic E-state index is 12.1. The number of hydrogen-bond acceptors (Lipinski definition) is 3. The molecule has 0 radical (unpaired) electrons. The van der Waals surface area contributed by atoms with Gasteiger partial charge in [0, 0.05) is 15.9 Å². The molecule has 2 N–H and O–H groups in total. The highest BCUT2D eigenvalue weighted by Crippen LogP contribution is 2.29. The van der Waals surface area contributed by atoms with E-state index in [1.807, 2.05) is 11.4 Å². The van der Waals surface area contributed by atoms with Crippen LogP contribution in [0.1, 0.15) is 24.6 Å². The maximum Gasteiger partial charge on any atom is 0.329 e. The molecular weight excluding hydrogens is 332 g/mol. The van der Waals surface area contributed by atoms with Crippen LogP contribution in [0, 0.1) is 0 Å². The first kappa shape index (κ1) is 14.3. The number of amides is 2. The van der Waals surface area contributed by atoms with Crippen LogP contribution in [0.2, 0.25) is 0 Å². The van der Waals surface area contributed by atoms with Crippen LogP contribution in [0.5, 0.6) is 0 Å². The normalized spacial score (nSPS) is 22.5. The minimum Gasteiger partial charge on any atom is -0.480 e. The molecule has 2 rings (SSSR count). The van der Waals surface area contributed by atoms with E-state index in [4.69, 9.17) is 0 Å². The number of nitrogens with zero attached hydrogens (tertiary/aromatic N) is 1. The van der Waals surface area contributed by atoms with E-state index in [0.717, 1.165) is 15.8 Å². The summed E-state index contributed by atoms with van der Waals surface area (Å²) < 4.78 is 0.959.